The quantitative estimate of drug-likeness (QED) is 0.194. The van der Waals surface area contributed by atoms with Crippen LogP contribution in [0.2, 0.25) is 0 Å². The van der Waals surface area contributed by atoms with Gasteiger partial charge >= 0.3 is 0 Å². The van der Waals surface area contributed by atoms with Crippen molar-refractivity contribution in [2.45, 2.75) is 25.0 Å². The van der Waals surface area contributed by atoms with Crippen LogP contribution in [0.15, 0.2) is 60.3 Å². The summed E-state index contributed by atoms with van der Waals surface area (Å²) in [4.78, 5) is 35.1. The van der Waals surface area contributed by atoms with Gasteiger partial charge in [-0.3, -0.25) is 19.7 Å². The van der Waals surface area contributed by atoms with Crippen molar-refractivity contribution in [3.63, 3.8) is 0 Å². The Bertz CT molecular complexity index is 1250. The third-order valence-corrected chi connectivity index (χ3v) is 5.57. The number of rotatable bonds is 10. The monoisotopic (exact) mass is 484 g/mol. The molecule has 1 heterocycles. The van der Waals surface area contributed by atoms with Crippen molar-refractivity contribution in [2.75, 3.05) is 16.4 Å². The minimum atomic E-state index is -0.547. The number of halogens is 1. The maximum Gasteiger partial charge on any atom is 0.269 e. The maximum atomic E-state index is 13.8. The van der Waals surface area contributed by atoms with Crippen LogP contribution in [0.5, 0.6) is 0 Å². The fourth-order valence-electron chi connectivity index (χ4n) is 2.99. The van der Waals surface area contributed by atoms with Gasteiger partial charge in [0.15, 0.2) is 5.16 Å². The first-order valence-electron chi connectivity index (χ1n) is 10.0. The standard InChI is InChI=1S/C22H21FN6O4S/c1-3-10-28-19(12-20(30)25-18-7-5-4-6-16(18)23)26-27-22(28)34-13-21(31)24-17-9-8-15(29(32)33)11-14(17)2/h3-9,11H,1,10,12-13H2,2H3,(H,24,31)(H,25,30). The highest BCUT2D eigenvalue weighted by atomic mass is 32.2. The summed E-state index contributed by atoms with van der Waals surface area (Å²) < 4.78 is 15.4. The van der Waals surface area contributed by atoms with Crippen molar-refractivity contribution in [3.05, 3.63) is 82.4 Å². The molecule has 0 radical (unpaired) electrons. The van der Waals surface area contributed by atoms with Crippen LogP contribution >= 0.6 is 11.8 Å². The summed E-state index contributed by atoms with van der Waals surface area (Å²) in [5, 5.41) is 24.6. The number of amides is 2. The molecule has 0 saturated heterocycles. The molecule has 0 saturated carbocycles. The first-order valence-corrected chi connectivity index (χ1v) is 11.0. The molecule has 1 aromatic heterocycles. The van der Waals surface area contributed by atoms with Gasteiger partial charge in [0.1, 0.15) is 11.6 Å². The van der Waals surface area contributed by atoms with Gasteiger partial charge in [0.05, 0.1) is 22.8 Å². The SMILES string of the molecule is C=CCn1c(CC(=O)Nc2ccccc2F)nnc1SCC(=O)Nc1ccc([N+](=O)[O-])cc1C. The second kappa shape index (κ2) is 11.2. The smallest absolute Gasteiger partial charge is 0.269 e. The number of nitro groups is 1. The summed E-state index contributed by atoms with van der Waals surface area (Å²) in [5.41, 5.74) is 1.03. The van der Waals surface area contributed by atoms with Crippen molar-refractivity contribution in [3.8, 4) is 0 Å². The second-order valence-corrected chi connectivity index (χ2v) is 8.04. The predicted octanol–water partition coefficient (Wildman–Crippen LogP) is 3.73. The molecule has 12 heteroatoms. The molecule has 34 heavy (non-hydrogen) atoms. The Labute approximate surface area is 198 Å². The molecular formula is C22H21FN6O4S. The van der Waals surface area contributed by atoms with E-state index in [9.17, 15) is 24.1 Å². The minimum Gasteiger partial charge on any atom is -0.325 e. The van der Waals surface area contributed by atoms with Gasteiger partial charge in [0.2, 0.25) is 11.8 Å². The molecule has 0 spiro atoms. The Hall–Kier alpha value is -4.06. The number of nitro benzene ring substituents is 1. The van der Waals surface area contributed by atoms with Gasteiger partial charge in [-0.1, -0.05) is 30.0 Å². The molecule has 176 valence electrons. The fourth-order valence-corrected chi connectivity index (χ4v) is 3.75. The number of aryl methyl sites for hydroxylation is 1. The highest BCUT2D eigenvalue weighted by Gasteiger charge is 2.17. The number of nitrogens with zero attached hydrogens (tertiary/aromatic N) is 4. The third kappa shape index (κ3) is 6.25. The predicted molar refractivity (Wildman–Crippen MR) is 126 cm³/mol. The molecule has 0 atom stereocenters. The molecule has 0 aliphatic rings. The zero-order valence-electron chi connectivity index (χ0n) is 18.2. The number of aromatic nitrogens is 3. The Morgan fingerprint density at radius 3 is 2.59 bits per heavy atom. The first kappa shape index (κ1) is 24.6. The lowest BCUT2D eigenvalue weighted by Gasteiger charge is -2.10. The number of anilines is 2. The van der Waals surface area contributed by atoms with E-state index in [0.29, 0.717) is 28.8 Å². The number of para-hydroxylation sites is 1. The van der Waals surface area contributed by atoms with E-state index in [1.165, 1.54) is 36.4 Å². The van der Waals surface area contributed by atoms with Crippen LogP contribution in [-0.4, -0.2) is 37.3 Å². The number of non-ortho nitro benzene ring substituents is 1. The molecule has 0 aliphatic heterocycles. The molecule has 10 nitrogen and oxygen atoms in total. The van der Waals surface area contributed by atoms with Crippen LogP contribution in [0, 0.1) is 22.9 Å². The van der Waals surface area contributed by atoms with Crippen molar-refractivity contribution in [1.29, 1.82) is 0 Å². The molecule has 2 N–H and O–H groups in total. The number of benzene rings is 2. The lowest BCUT2D eigenvalue weighted by molar-refractivity contribution is -0.384. The van der Waals surface area contributed by atoms with Crippen LogP contribution in [0.4, 0.5) is 21.5 Å². The number of carbonyl (C=O) groups excluding carboxylic acids is 2. The molecule has 3 aromatic rings. The lowest BCUT2D eigenvalue weighted by Crippen LogP contribution is -2.19. The molecular weight excluding hydrogens is 463 g/mol. The number of hydrogen-bond donors (Lipinski definition) is 2. The maximum absolute atomic E-state index is 13.8. The first-order chi connectivity index (χ1) is 16.3. The van der Waals surface area contributed by atoms with Crippen LogP contribution in [0.1, 0.15) is 11.4 Å². The van der Waals surface area contributed by atoms with E-state index < -0.39 is 16.6 Å². The van der Waals surface area contributed by atoms with Crippen LogP contribution in [-0.2, 0) is 22.6 Å². The van der Waals surface area contributed by atoms with Crippen LogP contribution < -0.4 is 10.6 Å². The minimum absolute atomic E-state index is 0.00682. The fraction of sp³-hybridized carbons (Fsp3) is 0.182. The van der Waals surface area contributed by atoms with Crippen molar-refractivity contribution < 1.29 is 18.9 Å². The number of carbonyl (C=O) groups is 2. The second-order valence-electron chi connectivity index (χ2n) is 7.10. The van der Waals surface area contributed by atoms with E-state index in [2.05, 4.69) is 27.4 Å². The van der Waals surface area contributed by atoms with Gasteiger partial charge in [-0.25, -0.2) is 4.39 Å². The van der Waals surface area contributed by atoms with E-state index in [0.717, 1.165) is 11.8 Å². The summed E-state index contributed by atoms with van der Waals surface area (Å²) in [6.45, 7) is 5.66. The molecule has 3 rings (SSSR count). The molecule has 0 fully saturated rings. The summed E-state index contributed by atoms with van der Waals surface area (Å²) in [7, 11) is 0. The van der Waals surface area contributed by atoms with E-state index in [1.54, 1.807) is 23.6 Å². The average Bonchev–Trinajstić information content (AvgIpc) is 3.16. The Kier molecular flexibility index (Phi) is 8.09. The van der Waals surface area contributed by atoms with Crippen LogP contribution in [0.3, 0.4) is 0 Å². The van der Waals surface area contributed by atoms with Gasteiger partial charge in [-0.15, -0.1) is 16.8 Å². The Morgan fingerprint density at radius 1 is 1.18 bits per heavy atom. The van der Waals surface area contributed by atoms with E-state index in [-0.39, 0.29) is 29.5 Å². The van der Waals surface area contributed by atoms with E-state index in [1.807, 2.05) is 0 Å². The lowest BCUT2D eigenvalue weighted by atomic mass is 10.2. The van der Waals surface area contributed by atoms with Gasteiger partial charge in [-0.05, 0) is 30.7 Å². The Morgan fingerprint density at radius 2 is 1.91 bits per heavy atom. The normalized spacial score (nSPS) is 10.5. The van der Waals surface area contributed by atoms with Crippen LogP contribution in [0.25, 0.3) is 0 Å². The summed E-state index contributed by atoms with van der Waals surface area (Å²) in [5.74, 6) is -1.02. The number of allylic oxidation sites excluding steroid dienone is 1. The Balaban J connectivity index is 1.63. The summed E-state index contributed by atoms with van der Waals surface area (Å²) >= 11 is 1.11. The van der Waals surface area contributed by atoms with Gasteiger partial charge in [-0.2, -0.15) is 0 Å². The summed E-state index contributed by atoms with van der Waals surface area (Å²) in [6.07, 6.45) is 1.45. The highest BCUT2D eigenvalue weighted by Crippen LogP contribution is 2.23. The van der Waals surface area contributed by atoms with Gasteiger partial charge in [0.25, 0.3) is 5.69 Å². The van der Waals surface area contributed by atoms with Crippen molar-refractivity contribution in [1.82, 2.24) is 14.8 Å². The average molecular weight is 485 g/mol. The largest absolute Gasteiger partial charge is 0.325 e. The zero-order chi connectivity index (χ0) is 24.7. The van der Waals surface area contributed by atoms with E-state index >= 15 is 0 Å². The molecule has 0 unspecified atom stereocenters. The summed E-state index contributed by atoms with van der Waals surface area (Å²) in [6, 6.07) is 9.99. The van der Waals surface area contributed by atoms with Gasteiger partial charge < -0.3 is 15.2 Å². The highest BCUT2D eigenvalue weighted by molar-refractivity contribution is 7.99. The van der Waals surface area contributed by atoms with E-state index in [4.69, 9.17) is 0 Å². The van der Waals surface area contributed by atoms with Crippen molar-refractivity contribution >= 4 is 40.6 Å². The molecule has 0 bridgehead atoms. The number of thioether (sulfide) groups is 1. The molecule has 2 aromatic carbocycles. The zero-order valence-corrected chi connectivity index (χ0v) is 19.0. The topological polar surface area (TPSA) is 132 Å². The molecule has 2 amide bonds. The third-order valence-electron chi connectivity index (χ3n) is 4.60. The number of nitrogens with one attached hydrogen (secondary N) is 2. The molecule has 0 aliphatic carbocycles. The van der Waals surface area contributed by atoms with Crippen molar-refractivity contribution in [2.24, 2.45) is 0 Å². The van der Waals surface area contributed by atoms with Gasteiger partial charge in [0, 0.05) is 24.4 Å². The number of hydrogen-bond acceptors (Lipinski definition) is 7.